The number of amides is 1. The second-order valence-corrected chi connectivity index (χ2v) is 5.80. The molecule has 0 aliphatic rings. The monoisotopic (exact) mass is 321 g/mol. The molecule has 22 heavy (non-hydrogen) atoms. The van der Waals surface area contributed by atoms with Gasteiger partial charge in [-0.05, 0) is 20.2 Å². The molecule has 116 valence electrons. The first kappa shape index (κ1) is 16.2. The SMILES string of the molecule is CN(C)C/C=C/C(=O)NCc1nnc(-c2ccncc2F)s1. The summed E-state index contributed by atoms with van der Waals surface area (Å²) in [6, 6.07) is 1.54. The smallest absolute Gasteiger partial charge is 0.244 e. The molecule has 2 heterocycles. The van der Waals surface area contributed by atoms with Gasteiger partial charge < -0.3 is 10.2 Å². The summed E-state index contributed by atoms with van der Waals surface area (Å²) in [5.41, 5.74) is 0.357. The van der Waals surface area contributed by atoms with Crippen molar-refractivity contribution in [2.45, 2.75) is 6.54 Å². The molecule has 2 aromatic heterocycles. The van der Waals surface area contributed by atoms with Gasteiger partial charge in [-0.1, -0.05) is 17.4 Å². The fraction of sp³-hybridized carbons (Fsp3) is 0.286. The van der Waals surface area contributed by atoms with Gasteiger partial charge in [-0.15, -0.1) is 10.2 Å². The summed E-state index contributed by atoms with van der Waals surface area (Å²) >= 11 is 1.23. The molecule has 1 N–H and O–H groups in total. The average Bonchev–Trinajstić information content (AvgIpc) is 2.94. The Labute approximate surface area is 131 Å². The number of nitrogens with zero attached hydrogens (tertiary/aromatic N) is 4. The zero-order chi connectivity index (χ0) is 15.9. The van der Waals surface area contributed by atoms with Crippen LogP contribution in [-0.4, -0.2) is 46.6 Å². The zero-order valence-electron chi connectivity index (χ0n) is 12.3. The fourth-order valence-electron chi connectivity index (χ4n) is 1.57. The van der Waals surface area contributed by atoms with E-state index in [1.807, 2.05) is 19.0 Å². The molecule has 0 aliphatic heterocycles. The van der Waals surface area contributed by atoms with Crippen LogP contribution in [0.4, 0.5) is 4.39 Å². The summed E-state index contributed by atoms with van der Waals surface area (Å²) in [7, 11) is 3.84. The summed E-state index contributed by atoms with van der Waals surface area (Å²) in [6.45, 7) is 0.952. The molecule has 6 nitrogen and oxygen atoms in total. The average molecular weight is 321 g/mol. The van der Waals surface area contributed by atoms with E-state index in [0.717, 1.165) is 6.20 Å². The van der Waals surface area contributed by atoms with Crippen molar-refractivity contribution in [3.63, 3.8) is 0 Å². The number of halogens is 1. The van der Waals surface area contributed by atoms with Crippen molar-refractivity contribution in [2.75, 3.05) is 20.6 Å². The second kappa shape index (κ2) is 7.71. The molecule has 0 saturated heterocycles. The summed E-state index contributed by atoms with van der Waals surface area (Å²) in [6.07, 6.45) is 5.88. The summed E-state index contributed by atoms with van der Waals surface area (Å²) in [5, 5.41) is 11.7. The van der Waals surface area contributed by atoms with Gasteiger partial charge in [0.05, 0.1) is 18.3 Å². The molecule has 0 aliphatic carbocycles. The van der Waals surface area contributed by atoms with Gasteiger partial charge in [0.2, 0.25) is 5.91 Å². The van der Waals surface area contributed by atoms with E-state index in [1.165, 1.54) is 23.6 Å². The zero-order valence-corrected chi connectivity index (χ0v) is 13.1. The lowest BCUT2D eigenvalue weighted by molar-refractivity contribution is -0.116. The molecular weight excluding hydrogens is 305 g/mol. The van der Waals surface area contributed by atoms with E-state index >= 15 is 0 Å². The molecule has 0 radical (unpaired) electrons. The van der Waals surface area contributed by atoms with Crippen molar-refractivity contribution in [3.8, 4) is 10.6 Å². The van der Waals surface area contributed by atoms with Gasteiger partial charge in [-0.25, -0.2) is 4.39 Å². The molecule has 0 unspecified atom stereocenters. The van der Waals surface area contributed by atoms with Crippen LogP contribution in [0.2, 0.25) is 0 Å². The third kappa shape index (κ3) is 4.68. The Morgan fingerprint density at radius 1 is 1.45 bits per heavy atom. The predicted octanol–water partition coefficient (Wildman–Crippen LogP) is 1.47. The maximum absolute atomic E-state index is 13.6. The van der Waals surface area contributed by atoms with E-state index in [-0.39, 0.29) is 12.5 Å². The van der Waals surface area contributed by atoms with E-state index in [1.54, 1.807) is 12.1 Å². The van der Waals surface area contributed by atoms with Crippen molar-refractivity contribution in [1.82, 2.24) is 25.4 Å². The quantitative estimate of drug-likeness (QED) is 0.816. The molecule has 0 aromatic carbocycles. The van der Waals surface area contributed by atoms with Crippen LogP contribution in [0.15, 0.2) is 30.6 Å². The highest BCUT2D eigenvalue weighted by molar-refractivity contribution is 7.14. The Balaban J connectivity index is 1.92. The number of hydrogen-bond donors (Lipinski definition) is 1. The number of nitrogens with one attached hydrogen (secondary N) is 1. The van der Waals surface area contributed by atoms with Gasteiger partial charge in [-0.3, -0.25) is 9.78 Å². The third-order valence-corrected chi connectivity index (χ3v) is 3.58. The standard InChI is InChI=1S/C14H16FN5OS/c1-20(2)7-3-4-12(21)17-9-13-18-19-14(22-13)10-5-6-16-8-11(10)15/h3-6,8H,7,9H2,1-2H3,(H,17,21)/b4-3+. The van der Waals surface area contributed by atoms with E-state index in [9.17, 15) is 9.18 Å². The van der Waals surface area contributed by atoms with Crippen molar-refractivity contribution in [3.05, 3.63) is 41.4 Å². The van der Waals surface area contributed by atoms with Crippen molar-refractivity contribution in [1.29, 1.82) is 0 Å². The van der Waals surface area contributed by atoms with Gasteiger partial charge in [0.1, 0.15) is 5.01 Å². The number of aromatic nitrogens is 3. The van der Waals surface area contributed by atoms with Gasteiger partial charge in [0, 0.05) is 18.8 Å². The largest absolute Gasteiger partial charge is 0.346 e. The Morgan fingerprint density at radius 3 is 3.00 bits per heavy atom. The Hall–Kier alpha value is -2.19. The first-order valence-corrected chi connectivity index (χ1v) is 7.39. The minimum atomic E-state index is -0.444. The summed E-state index contributed by atoms with van der Waals surface area (Å²) in [5.74, 6) is -0.644. The lowest BCUT2D eigenvalue weighted by Gasteiger charge is -2.03. The topological polar surface area (TPSA) is 71.0 Å². The molecule has 2 rings (SSSR count). The van der Waals surface area contributed by atoms with E-state index in [2.05, 4.69) is 20.5 Å². The van der Waals surface area contributed by atoms with Crippen LogP contribution in [0.25, 0.3) is 10.6 Å². The van der Waals surface area contributed by atoms with Gasteiger partial charge >= 0.3 is 0 Å². The summed E-state index contributed by atoms with van der Waals surface area (Å²) < 4.78 is 13.6. The number of carbonyl (C=O) groups is 1. The first-order chi connectivity index (χ1) is 10.6. The van der Waals surface area contributed by atoms with Crippen LogP contribution < -0.4 is 5.32 Å². The van der Waals surface area contributed by atoms with Crippen LogP contribution in [-0.2, 0) is 11.3 Å². The number of hydrogen-bond acceptors (Lipinski definition) is 6. The molecule has 1 amide bonds. The first-order valence-electron chi connectivity index (χ1n) is 6.57. The minimum absolute atomic E-state index is 0.200. The maximum atomic E-state index is 13.6. The molecule has 0 fully saturated rings. The molecule has 0 spiro atoms. The predicted molar refractivity (Wildman–Crippen MR) is 82.6 cm³/mol. The number of pyridine rings is 1. The van der Waals surface area contributed by atoms with Crippen LogP contribution in [0.5, 0.6) is 0 Å². The molecular formula is C14H16FN5OS. The second-order valence-electron chi connectivity index (χ2n) is 4.74. The third-order valence-electron chi connectivity index (χ3n) is 2.62. The normalized spacial score (nSPS) is 11.3. The van der Waals surface area contributed by atoms with Crippen molar-refractivity contribution in [2.24, 2.45) is 0 Å². The van der Waals surface area contributed by atoms with Gasteiger partial charge in [0.15, 0.2) is 10.8 Å². The molecule has 0 saturated carbocycles. The van der Waals surface area contributed by atoms with Crippen LogP contribution in [0.3, 0.4) is 0 Å². The number of likely N-dealkylation sites (N-methyl/N-ethyl adjacent to an activating group) is 1. The Kier molecular flexibility index (Phi) is 5.68. The Morgan fingerprint density at radius 2 is 2.27 bits per heavy atom. The minimum Gasteiger partial charge on any atom is -0.346 e. The van der Waals surface area contributed by atoms with Crippen LogP contribution >= 0.6 is 11.3 Å². The van der Waals surface area contributed by atoms with Crippen molar-refractivity contribution >= 4 is 17.2 Å². The highest BCUT2D eigenvalue weighted by Crippen LogP contribution is 2.25. The number of carbonyl (C=O) groups excluding carboxylic acids is 1. The molecule has 8 heteroatoms. The van der Waals surface area contributed by atoms with E-state index in [4.69, 9.17) is 0 Å². The van der Waals surface area contributed by atoms with Gasteiger partial charge in [0.25, 0.3) is 0 Å². The van der Waals surface area contributed by atoms with Crippen molar-refractivity contribution < 1.29 is 9.18 Å². The molecule has 2 aromatic rings. The Bertz CT molecular complexity index is 671. The maximum Gasteiger partial charge on any atom is 0.244 e. The molecule has 0 bridgehead atoms. The van der Waals surface area contributed by atoms with E-state index < -0.39 is 5.82 Å². The fourth-order valence-corrected chi connectivity index (χ4v) is 2.38. The lowest BCUT2D eigenvalue weighted by Crippen LogP contribution is -2.20. The highest BCUT2D eigenvalue weighted by atomic mass is 32.1. The number of rotatable bonds is 6. The van der Waals surface area contributed by atoms with E-state index in [0.29, 0.717) is 22.1 Å². The summed E-state index contributed by atoms with van der Waals surface area (Å²) in [4.78, 5) is 17.2. The van der Waals surface area contributed by atoms with Crippen LogP contribution in [0, 0.1) is 5.82 Å². The van der Waals surface area contributed by atoms with Crippen LogP contribution in [0.1, 0.15) is 5.01 Å². The van der Waals surface area contributed by atoms with Gasteiger partial charge in [-0.2, -0.15) is 0 Å². The molecule has 0 atom stereocenters. The lowest BCUT2D eigenvalue weighted by atomic mass is 10.3. The highest BCUT2D eigenvalue weighted by Gasteiger charge is 2.11.